The number of rotatable bonds is 26. The summed E-state index contributed by atoms with van der Waals surface area (Å²) in [6.07, 6.45) is 17.1. The lowest BCUT2D eigenvalue weighted by Gasteiger charge is -2.32. The van der Waals surface area contributed by atoms with Gasteiger partial charge < -0.3 is 26.6 Å². The molecule has 0 aromatic rings. The Morgan fingerprint density at radius 2 is 0.865 bits per heavy atom. The minimum atomic E-state index is -2.51. The second-order valence-electron chi connectivity index (χ2n) is 9.71. The molecule has 0 saturated heterocycles. The molecule has 8 heteroatoms. The number of hydrogen-bond acceptors (Lipinski definition) is 6. The molecule has 0 amide bonds. The van der Waals surface area contributed by atoms with Crippen molar-refractivity contribution in [3.63, 3.8) is 0 Å². The van der Waals surface area contributed by atoms with Gasteiger partial charge in [0.1, 0.15) is 0 Å². The fourth-order valence-corrected chi connectivity index (χ4v) is 9.11. The molecule has 0 aliphatic rings. The van der Waals surface area contributed by atoms with E-state index in [2.05, 4.69) is 34.6 Å². The van der Waals surface area contributed by atoms with Crippen LogP contribution in [0.15, 0.2) is 0 Å². The second kappa shape index (κ2) is 27.7. The average molecular weight is 567 g/mol. The zero-order valence-electron chi connectivity index (χ0n) is 26.5. The highest BCUT2D eigenvalue weighted by Crippen LogP contribution is 2.24. The quantitative estimate of drug-likeness (QED) is 0.0768. The van der Waals surface area contributed by atoms with E-state index in [1.54, 1.807) is 0 Å². The molecule has 0 N–H and O–H groups in total. The van der Waals surface area contributed by atoms with Gasteiger partial charge in [0.25, 0.3) is 0 Å². The molecule has 0 radical (unpaired) electrons. The fourth-order valence-electron chi connectivity index (χ4n) is 4.36. The van der Waals surface area contributed by atoms with Gasteiger partial charge in [0.15, 0.2) is 0 Å². The minimum Gasteiger partial charge on any atom is -0.374 e. The van der Waals surface area contributed by atoms with Crippen LogP contribution in [-0.2, 0) is 26.6 Å². The third-order valence-electron chi connectivity index (χ3n) is 6.13. The molecule has 1 atom stereocenters. The first-order valence-corrected chi connectivity index (χ1v) is 19.8. The lowest BCUT2D eigenvalue weighted by atomic mass is 10.1. The van der Waals surface area contributed by atoms with E-state index in [0.717, 1.165) is 12.5 Å². The highest BCUT2D eigenvalue weighted by atomic mass is 28.4. The van der Waals surface area contributed by atoms with Gasteiger partial charge in [-0.3, -0.25) is 0 Å². The van der Waals surface area contributed by atoms with Crippen molar-refractivity contribution in [1.82, 2.24) is 0 Å². The zero-order valence-corrected chi connectivity index (χ0v) is 28.5. The van der Waals surface area contributed by atoms with Gasteiger partial charge in [-0.25, -0.2) is 0 Å². The van der Waals surface area contributed by atoms with Crippen molar-refractivity contribution < 1.29 is 26.6 Å². The Balaban J connectivity index is 0. The van der Waals surface area contributed by atoms with Crippen molar-refractivity contribution in [3.8, 4) is 0 Å². The van der Waals surface area contributed by atoms with Gasteiger partial charge in [-0.05, 0) is 54.4 Å². The fraction of sp³-hybridized carbons (Fsp3) is 1.00. The molecule has 0 spiro atoms. The summed E-state index contributed by atoms with van der Waals surface area (Å²) >= 11 is 0. The Morgan fingerprint density at radius 3 is 1.27 bits per heavy atom. The predicted octanol–water partition coefficient (Wildman–Crippen LogP) is 9.18. The van der Waals surface area contributed by atoms with E-state index in [9.17, 15) is 0 Å². The zero-order chi connectivity index (χ0) is 28.3. The Hall–Kier alpha value is 0.194. The van der Waals surface area contributed by atoms with Crippen molar-refractivity contribution >= 4 is 17.6 Å². The lowest BCUT2D eigenvalue weighted by molar-refractivity contribution is 0.0342. The lowest BCUT2D eigenvalue weighted by Crippen LogP contribution is -2.48. The largest absolute Gasteiger partial charge is 0.501 e. The number of unbranched alkanes of at least 4 members (excludes halogenated alkanes) is 10. The molecule has 226 valence electrons. The van der Waals surface area contributed by atoms with Crippen LogP contribution in [0.1, 0.15) is 139 Å². The molecule has 0 aromatic carbocycles. The van der Waals surface area contributed by atoms with Gasteiger partial charge in [-0.2, -0.15) is 0 Å². The summed E-state index contributed by atoms with van der Waals surface area (Å²) in [6.45, 7) is 21.9. The van der Waals surface area contributed by atoms with Crippen LogP contribution in [0, 0.1) is 0 Å². The normalized spacial score (nSPS) is 12.9. The third-order valence-corrected chi connectivity index (χ3v) is 11.8. The first-order chi connectivity index (χ1) is 17.8. The first-order valence-electron chi connectivity index (χ1n) is 15.7. The molecule has 0 aliphatic carbocycles. The second-order valence-corrected chi connectivity index (χ2v) is 15.0. The maximum Gasteiger partial charge on any atom is 0.501 e. The molecule has 0 saturated carbocycles. The summed E-state index contributed by atoms with van der Waals surface area (Å²) in [7, 11) is -4.76. The van der Waals surface area contributed by atoms with Crippen LogP contribution in [0.2, 0.25) is 12.6 Å². The van der Waals surface area contributed by atoms with Gasteiger partial charge in [-0.1, -0.05) is 84.5 Å². The van der Waals surface area contributed by atoms with Crippen molar-refractivity contribution in [2.75, 3.05) is 33.0 Å². The molecular formula is C29H66O6Si2. The van der Waals surface area contributed by atoms with E-state index >= 15 is 0 Å². The molecule has 0 heterocycles. The van der Waals surface area contributed by atoms with E-state index in [1.165, 1.54) is 77.0 Å². The molecule has 0 fully saturated rings. The molecule has 0 rings (SSSR count). The molecular weight excluding hydrogens is 500 g/mol. The van der Waals surface area contributed by atoms with Crippen LogP contribution in [0.4, 0.5) is 0 Å². The van der Waals surface area contributed by atoms with Crippen LogP contribution in [0.3, 0.4) is 0 Å². The maximum absolute atomic E-state index is 6.45. The molecule has 0 aromatic heterocycles. The summed E-state index contributed by atoms with van der Waals surface area (Å²) in [5, 5.41) is 0. The van der Waals surface area contributed by atoms with Crippen LogP contribution < -0.4 is 0 Å². The van der Waals surface area contributed by atoms with Crippen molar-refractivity contribution in [2.45, 2.75) is 158 Å². The van der Waals surface area contributed by atoms with Crippen molar-refractivity contribution in [2.24, 2.45) is 0 Å². The van der Waals surface area contributed by atoms with Gasteiger partial charge in [-0.15, -0.1) is 0 Å². The van der Waals surface area contributed by atoms with E-state index in [1.807, 2.05) is 27.3 Å². The van der Waals surface area contributed by atoms with Crippen LogP contribution >= 0.6 is 0 Å². The monoisotopic (exact) mass is 566 g/mol. The average Bonchev–Trinajstić information content (AvgIpc) is 2.85. The highest BCUT2D eigenvalue weighted by molar-refractivity contribution is 6.60. The molecule has 1 unspecified atom stereocenters. The third kappa shape index (κ3) is 23.8. The van der Waals surface area contributed by atoms with Crippen molar-refractivity contribution in [1.29, 1.82) is 0 Å². The first kappa shape index (κ1) is 39.3. The molecule has 37 heavy (non-hydrogen) atoms. The van der Waals surface area contributed by atoms with Crippen LogP contribution in [0.5, 0.6) is 0 Å². The summed E-state index contributed by atoms with van der Waals surface area (Å²) in [5.74, 6) is 0. The Labute approximate surface area is 234 Å². The van der Waals surface area contributed by atoms with Crippen LogP contribution in [-0.4, -0.2) is 56.7 Å². The summed E-state index contributed by atoms with van der Waals surface area (Å²) in [4.78, 5) is 0. The standard InChI is InChI=1S/C22H48O3Si.C7H18O3Si/c1-6-10-12-14-15-16-17-19-21-26(23-8-3,24-9-4)25-22(5)20-18-13-11-7-2;1-5-8-11(4,9-6-2)10-7-3/h22H,6-21H2,1-5H3;5-7H2,1-4H3. The van der Waals surface area contributed by atoms with Gasteiger partial charge in [0, 0.05) is 51.7 Å². The minimum absolute atomic E-state index is 0.241. The SMILES string of the molecule is CCCCCCCCCC[Si](OCC)(OCC)OC(C)CCCCCC.CCO[Si](C)(OCC)OCC. The molecule has 6 nitrogen and oxygen atoms in total. The summed E-state index contributed by atoms with van der Waals surface area (Å²) < 4.78 is 34.9. The van der Waals surface area contributed by atoms with E-state index in [0.29, 0.717) is 33.0 Å². The molecule has 0 bridgehead atoms. The number of hydrogen-bond donors (Lipinski definition) is 0. The van der Waals surface area contributed by atoms with Gasteiger partial charge in [0.05, 0.1) is 0 Å². The van der Waals surface area contributed by atoms with Crippen molar-refractivity contribution in [3.05, 3.63) is 0 Å². The highest BCUT2D eigenvalue weighted by Gasteiger charge is 2.41. The Kier molecular flexibility index (Phi) is 29.5. The van der Waals surface area contributed by atoms with Crippen LogP contribution in [0.25, 0.3) is 0 Å². The Bertz CT molecular complexity index is 433. The van der Waals surface area contributed by atoms with E-state index in [4.69, 9.17) is 26.6 Å². The Morgan fingerprint density at radius 1 is 0.486 bits per heavy atom. The summed E-state index contributed by atoms with van der Waals surface area (Å²) in [6, 6.07) is 0.975. The maximum atomic E-state index is 6.45. The predicted molar refractivity (Wildman–Crippen MR) is 162 cm³/mol. The van der Waals surface area contributed by atoms with Gasteiger partial charge >= 0.3 is 17.6 Å². The smallest absolute Gasteiger partial charge is 0.374 e. The van der Waals surface area contributed by atoms with E-state index < -0.39 is 17.6 Å². The molecule has 0 aliphatic heterocycles. The summed E-state index contributed by atoms with van der Waals surface area (Å²) in [5.41, 5.74) is 0. The van der Waals surface area contributed by atoms with Gasteiger partial charge in [0.2, 0.25) is 0 Å². The van der Waals surface area contributed by atoms with E-state index in [-0.39, 0.29) is 6.10 Å². The topological polar surface area (TPSA) is 55.4 Å².